The molecule has 2 aromatic carbocycles. The molecule has 248 valence electrons. The standard InChI is InChI=1S/C32H30O15/c1-11-8-16(35)21-24(38)19-15(34)6-4-14(26(19)47-31(21,27(11)40)29(42)44-2)13-5-7-18-20(23(13)37)25(39)22-17(36)9-12(10-33)28(41)32(22,46-18)30(43)45-3/h4-7,11-12,27-28,33-34,37-41H,8-10H2,1-3H3/t11-,12+,27+,28+,31+,32+/m0/s1. The molecule has 15 heteroatoms. The highest BCUT2D eigenvalue weighted by atomic mass is 16.6. The van der Waals surface area contributed by atoms with Gasteiger partial charge in [-0.25, -0.2) is 9.59 Å². The predicted molar refractivity (Wildman–Crippen MR) is 156 cm³/mol. The van der Waals surface area contributed by atoms with Crippen molar-refractivity contribution in [3.63, 3.8) is 0 Å². The van der Waals surface area contributed by atoms with E-state index in [0.717, 1.165) is 20.3 Å². The van der Waals surface area contributed by atoms with Crippen LogP contribution in [-0.4, -0.2) is 103 Å². The van der Waals surface area contributed by atoms with Crippen LogP contribution in [0.2, 0.25) is 0 Å². The van der Waals surface area contributed by atoms with E-state index in [2.05, 4.69) is 0 Å². The van der Waals surface area contributed by atoms with Crippen LogP contribution in [0.1, 0.15) is 30.9 Å². The van der Waals surface area contributed by atoms with E-state index in [9.17, 15) is 54.9 Å². The lowest BCUT2D eigenvalue weighted by molar-refractivity contribution is -0.175. The van der Waals surface area contributed by atoms with Crippen LogP contribution < -0.4 is 9.47 Å². The Morgan fingerprint density at radius 1 is 0.809 bits per heavy atom. The molecule has 0 radical (unpaired) electrons. The van der Waals surface area contributed by atoms with Crippen molar-refractivity contribution in [2.24, 2.45) is 11.8 Å². The lowest BCUT2D eigenvalue weighted by Gasteiger charge is -2.46. The van der Waals surface area contributed by atoms with Crippen LogP contribution in [0.4, 0.5) is 0 Å². The third-order valence-corrected chi connectivity index (χ3v) is 9.33. The Kier molecular flexibility index (Phi) is 7.26. The minimum absolute atomic E-state index is 0.136. The van der Waals surface area contributed by atoms with Gasteiger partial charge in [-0.1, -0.05) is 6.92 Å². The Hall–Kier alpha value is -5.12. The molecule has 2 aromatic rings. The van der Waals surface area contributed by atoms with Crippen LogP contribution in [-0.2, 0) is 28.7 Å². The summed E-state index contributed by atoms with van der Waals surface area (Å²) in [5.74, 6) is -10.1. The highest BCUT2D eigenvalue weighted by molar-refractivity contribution is 6.14. The van der Waals surface area contributed by atoms with Gasteiger partial charge in [0, 0.05) is 36.5 Å². The maximum Gasteiger partial charge on any atom is 0.358 e. The lowest BCUT2D eigenvalue weighted by Crippen LogP contribution is -2.65. The number of ether oxygens (including phenoxy) is 4. The first-order chi connectivity index (χ1) is 22.2. The van der Waals surface area contributed by atoms with Gasteiger partial charge in [-0.2, -0.15) is 0 Å². The van der Waals surface area contributed by atoms with Crippen LogP contribution in [0.15, 0.2) is 35.4 Å². The molecule has 6 atom stereocenters. The number of esters is 2. The summed E-state index contributed by atoms with van der Waals surface area (Å²) in [6.45, 7) is 0.775. The molecule has 2 saturated carbocycles. The quantitative estimate of drug-likeness (QED) is 0.226. The molecule has 6 rings (SSSR count). The number of fused-ring (bicyclic) bond motifs is 4. The highest BCUT2D eigenvalue weighted by Crippen LogP contribution is 2.56. The number of aliphatic hydroxyl groups excluding tert-OH is 5. The fourth-order valence-electron chi connectivity index (χ4n) is 7.04. The second-order valence-electron chi connectivity index (χ2n) is 11.8. The zero-order valence-corrected chi connectivity index (χ0v) is 25.1. The Balaban J connectivity index is 1.60. The molecule has 0 unspecified atom stereocenters. The third kappa shape index (κ3) is 3.96. The second-order valence-corrected chi connectivity index (χ2v) is 11.8. The number of aliphatic hydroxyl groups is 5. The largest absolute Gasteiger partial charge is 0.507 e. The summed E-state index contributed by atoms with van der Waals surface area (Å²) >= 11 is 0. The number of hydrogen-bond donors (Lipinski definition) is 7. The maximum atomic E-state index is 13.3. The van der Waals surface area contributed by atoms with Gasteiger partial charge in [0.15, 0.2) is 11.6 Å². The van der Waals surface area contributed by atoms with Crippen molar-refractivity contribution in [2.45, 2.75) is 43.2 Å². The van der Waals surface area contributed by atoms with Crippen molar-refractivity contribution < 1.29 is 73.9 Å². The Morgan fingerprint density at radius 2 is 1.36 bits per heavy atom. The maximum absolute atomic E-state index is 13.3. The van der Waals surface area contributed by atoms with E-state index in [1.807, 2.05) is 0 Å². The number of hydrogen-bond acceptors (Lipinski definition) is 15. The van der Waals surface area contributed by atoms with Gasteiger partial charge in [0.05, 0.1) is 25.4 Å². The molecule has 0 saturated heterocycles. The van der Waals surface area contributed by atoms with Crippen LogP contribution in [0, 0.1) is 11.8 Å². The van der Waals surface area contributed by atoms with Crippen LogP contribution in [0.5, 0.6) is 23.0 Å². The van der Waals surface area contributed by atoms with Crippen molar-refractivity contribution in [3.8, 4) is 34.1 Å². The molecule has 2 aliphatic carbocycles. The smallest absolute Gasteiger partial charge is 0.358 e. The van der Waals surface area contributed by atoms with Crippen LogP contribution >= 0.6 is 0 Å². The summed E-state index contributed by atoms with van der Waals surface area (Å²) in [4.78, 5) is 52.8. The SMILES string of the molecule is COC(=O)[C@@]12Oc3ccc(-c4ccc(O)c5c4O[C@]4(C(=O)OC)C(=C5O)C(=O)C[C@H](C)[C@H]4O)c(O)c3C(O)=C1C(=O)C[C@H](CO)[C@H]2O. The summed E-state index contributed by atoms with van der Waals surface area (Å²) in [5, 5.41) is 77.4. The molecule has 0 aromatic heterocycles. The van der Waals surface area contributed by atoms with Gasteiger partial charge < -0.3 is 54.7 Å². The van der Waals surface area contributed by atoms with Gasteiger partial charge in [-0.3, -0.25) is 9.59 Å². The first-order valence-electron chi connectivity index (χ1n) is 14.4. The molecular weight excluding hydrogens is 624 g/mol. The molecule has 0 spiro atoms. The third-order valence-electron chi connectivity index (χ3n) is 9.33. The molecule has 2 aliphatic heterocycles. The summed E-state index contributed by atoms with van der Waals surface area (Å²) in [5.41, 5.74) is -7.80. The van der Waals surface area contributed by atoms with Gasteiger partial charge in [-0.05, 0) is 30.2 Å². The van der Waals surface area contributed by atoms with E-state index in [-0.39, 0.29) is 23.3 Å². The number of phenolic OH excluding ortho intramolecular Hbond substituents is 2. The number of carbonyl (C=O) groups excluding carboxylic acids is 4. The average molecular weight is 655 g/mol. The van der Waals surface area contributed by atoms with Gasteiger partial charge in [0.25, 0.3) is 11.2 Å². The van der Waals surface area contributed by atoms with Gasteiger partial charge in [0.2, 0.25) is 0 Å². The normalized spacial score (nSPS) is 29.5. The van der Waals surface area contributed by atoms with E-state index in [1.165, 1.54) is 25.1 Å². The van der Waals surface area contributed by atoms with E-state index in [1.54, 1.807) is 0 Å². The molecule has 7 N–H and O–H groups in total. The summed E-state index contributed by atoms with van der Waals surface area (Å²) in [7, 11) is 1.95. The zero-order chi connectivity index (χ0) is 34.3. The van der Waals surface area contributed by atoms with Gasteiger partial charge in [0.1, 0.15) is 57.9 Å². The number of methoxy groups -OCH3 is 2. The van der Waals surface area contributed by atoms with Gasteiger partial charge >= 0.3 is 11.9 Å². The second kappa shape index (κ2) is 10.7. The van der Waals surface area contributed by atoms with Crippen molar-refractivity contribution >= 4 is 35.0 Å². The minimum Gasteiger partial charge on any atom is -0.507 e. The molecule has 2 fully saturated rings. The number of rotatable bonds is 4. The van der Waals surface area contributed by atoms with Crippen molar-refractivity contribution in [2.75, 3.05) is 20.8 Å². The molecule has 0 bridgehead atoms. The number of aromatic hydroxyl groups is 2. The summed E-state index contributed by atoms with van der Waals surface area (Å²) < 4.78 is 21.7. The topological polar surface area (TPSA) is 247 Å². The van der Waals surface area contributed by atoms with Gasteiger partial charge in [-0.15, -0.1) is 0 Å². The summed E-state index contributed by atoms with van der Waals surface area (Å²) in [6.07, 6.45) is -4.33. The van der Waals surface area contributed by atoms with Crippen LogP contribution in [0.3, 0.4) is 0 Å². The average Bonchev–Trinajstić information content (AvgIpc) is 3.04. The molecule has 4 aliphatic rings. The lowest BCUT2D eigenvalue weighted by atomic mass is 9.69. The fraction of sp³-hybridized carbons (Fsp3) is 0.375. The molecule has 15 nitrogen and oxygen atoms in total. The van der Waals surface area contributed by atoms with E-state index < -0.39 is 123 Å². The molecule has 47 heavy (non-hydrogen) atoms. The number of ketones is 2. The molecule has 0 amide bonds. The Morgan fingerprint density at radius 3 is 1.96 bits per heavy atom. The fourth-order valence-corrected chi connectivity index (χ4v) is 7.04. The Bertz CT molecular complexity index is 1840. The number of benzene rings is 2. The molecular formula is C32H30O15. The first-order valence-corrected chi connectivity index (χ1v) is 14.4. The first kappa shape index (κ1) is 31.8. The Labute approximate surface area is 265 Å². The van der Waals surface area contributed by atoms with Crippen molar-refractivity contribution in [1.29, 1.82) is 0 Å². The number of Topliss-reactive ketones (excluding diaryl/α,β-unsaturated/α-hetero) is 2. The van der Waals surface area contributed by atoms with Crippen LogP contribution in [0.25, 0.3) is 22.6 Å². The monoisotopic (exact) mass is 654 g/mol. The van der Waals surface area contributed by atoms with E-state index >= 15 is 0 Å². The van der Waals surface area contributed by atoms with Crippen molar-refractivity contribution in [3.05, 3.63) is 46.5 Å². The van der Waals surface area contributed by atoms with Crippen molar-refractivity contribution in [1.82, 2.24) is 0 Å². The minimum atomic E-state index is -2.59. The van der Waals surface area contributed by atoms with E-state index in [0.29, 0.717) is 0 Å². The zero-order valence-electron chi connectivity index (χ0n) is 25.1. The highest BCUT2D eigenvalue weighted by Gasteiger charge is 2.65. The summed E-state index contributed by atoms with van der Waals surface area (Å²) in [6, 6.07) is 4.69. The predicted octanol–water partition coefficient (Wildman–Crippen LogP) is 0.823. The number of phenols is 2. The number of carbonyl (C=O) groups is 4. The molecule has 2 heterocycles. The van der Waals surface area contributed by atoms with E-state index in [4.69, 9.17) is 18.9 Å².